The number of nitrogens with zero attached hydrogens (tertiary/aromatic N) is 1. The normalized spacial score (nSPS) is 11.5. The van der Waals surface area contributed by atoms with Gasteiger partial charge < -0.3 is 9.72 Å². The van der Waals surface area contributed by atoms with Crippen LogP contribution in [-0.2, 0) is 21.3 Å². The van der Waals surface area contributed by atoms with Gasteiger partial charge >= 0.3 is 10.8 Å². The molecule has 0 bridgehead atoms. The first-order valence-electron chi connectivity index (χ1n) is 5.81. The number of nitrogens with one attached hydrogen (secondary N) is 3. The van der Waals surface area contributed by atoms with Crippen molar-refractivity contribution in [3.63, 3.8) is 0 Å². The molecule has 0 aliphatic rings. The second-order valence-corrected chi connectivity index (χ2v) is 6.38. The number of aromatic nitrogens is 3. The summed E-state index contributed by atoms with van der Waals surface area (Å²) in [5.74, 6) is -0.782. The van der Waals surface area contributed by atoms with E-state index in [1.807, 2.05) is 0 Å². The highest BCUT2D eigenvalue weighted by Gasteiger charge is 2.25. The van der Waals surface area contributed by atoms with Gasteiger partial charge in [-0.25, -0.2) is 17.9 Å². The molecule has 0 aliphatic carbocycles. The van der Waals surface area contributed by atoms with E-state index in [0.717, 1.165) is 17.5 Å². The molecule has 2 heterocycles. The van der Waals surface area contributed by atoms with E-state index in [1.165, 1.54) is 5.38 Å². The number of carbonyl (C=O) groups excluding carboxylic acids is 1. The highest BCUT2D eigenvalue weighted by molar-refractivity contribution is 7.89. The van der Waals surface area contributed by atoms with E-state index in [1.54, 1.807) is 6.92 Å². The van der Waals surface area contributed by atoms with Gasteiger partial charge in [0.05, 0.1) is 19.3 Å². The summed E-state index contributed by atoms with van der Waals surface area (Å²) in [6, 6.07) is 0. The molecule has 2 aromatic rings. The van der Waals surface area contributed by atoms with Crippen molar-refractivity contribution in [1.29, 1.82) is 0 Å². The van der Waals surface area contributed by atoms with Gasteiger partial charge in [-0.05, 0) is 6.92 Å². The fourth-order valence-electron chi connectivity index (χ4n) is 1.48. The van der Waals surface area contributed by atoms with Gasteiger partial charge in [0.25, 0.3) is 10.0 Å². The zero-order valence-electron chi connectivity index (χ0n) is 10.9. The number of sulfonamides is 1. The van der Waals surface area contributed by atoms with Crippen LogP contribution in [0.2, 0.25) is 0 Å². The van der Waals surface area contributed by atoms with Crippen LogP contribution >= 0.6 is 11.3 Å². The van der Waals surface area contributed by atoms with E-state index in [2.05, 4.69) is 19.9 Å². The summed E-state index contributed by atoms with van der Waals surface area (Å²) in [6.45, 7) is 1.62. The summed E-state index contributed by atoms with van der Waals surface area (Å²) < 4.78 is 31.3. The topological polar surface area (TPSA) is 134 Å². The number of carbonyl (C=O) groups is 1. The Bertz CT molecular complexity index is 788. The Balaban J connectivity index is 2.18. The van der Waals surface area contributed by atoms with Crippen molar-refractivity contribution in [1.82, 2.24) is 19.9 Å². The van der Waals surface area contributed by atoms with Gasteiger partial charge in [0, 0.05) is 11.1 Å². The molecule has 11 heteroatoms. The van der Waals surface area contributed by atoms with Crippen molar-refractivity contribution in [3.05, 3.63) is 32.5 Å². The summed E-state index contributed by atoms with van der Waals surface area (Å²) in [5, 5.41) is 6.93. The zero-order valence-corrected chi connectivity index (χ0v) is 12.5. The third-order valence-corrected chi connectivity index (χ3v) is 4.48. The second-order valence-electron chi connectivity index (χ2n) is 3.83. The number of H-pyrrole nitrogens is 2. The summed E-state index contributed by atoms with van der Waals surface area (Å²) in [6.07, 6.45) is 1.08. The van der Waals surface area contributed by atoms with E-state index in [-0.39, 0.29) is 28.6 Å². The predicted molar refractivity (Wildman–Crippen MR) is 73.5 cm³/mol. The summed E-state index contributed by atoms with van der Waals surface area (Å²) >= 11 is 0.927. The molecule has 3 N–H and O–H groups in total. The van der Waals surface area contributed by atoms with E-state index < -0.39 is 16.0 Å². The number of hydrogen-bond donors (Lipinski definition) is 3. The van der Waals surface area contributed by atoms with Crippen molar-refractivity contribution in [2.45, 2.75) is 18.5 Å². The van der Waals surface area contributed by atoms with Crippen LogP contribution in [0.15, 0.2) is 21.4 Å². The molecule has 0 amide bonds. The lowest BCUT2D eigenvalue weighted by atomic mass is 10.4. The van der Waals surface area contributed by atoms with E-state index >= 15 is 0 Å². The van der Waals surface area contributed by atoms with Gasteiger partial charge in [0.2, 0.25) is 0 Å². The Morgan fingerprint density at radius 3 is 2.90 bits per heavy atom. The van der Waals surface area contributed by atoms with E-state index in [4.69, 9.17) is 4.74 Å². The Labute approximate surface area is 123 Å². The molecule has 0 saturated heterocycles. The van der Waals surface area contributed by atoms with Crippen LogP contribution in [0, 0.1) is 0 Å². The Morgan fingerprint density at radius 1 is 1.52 bits per heavy atom. The van der Waals surface area contributed by atoms with Gasteiger partial charge in [-0.2, -0.15) is 5.10 Å². The number of aromatic amines is 2. The number of ether oxygens (including phenoxy) is 1. The molecule has 114 valence electrons. The lowest BCUT2D eigenvalue weighted by Crippen LogP contribution is -2.26. The monoisotopic (exact) mass is 332 g/mol. The standard InChI is InChI=1S/C10H12N4O5S2/c1-2-19-9(15)7-4-11-14-8(7)21(17,18)12-3-6-5-20-10(16)13-6/h4-5,12H,2-3H2,1H3,(H,11,14)(H,13,16). The quantitative estimate of drug-likeness (QED) is 0.628. The second kappa shape index (κ2) is 6.20. The van der Waals surface area contributed by atoms with Crippen molar-refractivity contribution in [2.75, 3.05) is 6.61 Å². The van der Waals surface area contributed by atoms with Crippen LogP contribution in [0.4, 0.5) is 0 Å². The summed E-state index contributed by atoms with van der Waals surface area (Å²) in [4.78, 5) is 24.8. The molecule has 0 saturated carbocycles. The summed E-state index contributed by atoms with van der Waals surface area (Å²) in [7, 11) is -3.99. The fraction of sp³-hybridized carbons (Fsp3) is 0.300. The van der Waals surface area contributed by atoms with Crippen molar-refractivity contribution >= 4 is 27.3 Å². The number of rotatable bonds is 6. The van der Waals surface area contributed by atoms with Gasteiger partial charge in [-0.1, -0.05) is 11.3 Å². The molecule has 0 unspecified atom stereocenters. The van der Waals surface area contributed by atoms with Gasteiger partial charge in [0.15, 0.2) is 5.03 Å². The molecule has 0 aromatic carbocycles. The average molecular weight is 332 g/mol. The Hall–Kier alpha value is -1.98. The number of esters is 1. The van der Waals surface area contributed by atoms with Crippen molar-refractivity contribution in [2.24, 2.45) is 0 Å². The van der Waals surface area contributed by atoms with Crippen LogP contribution in [0.3, 0.4) is 0 Å². The molecule has 0 atom stereocenters. The maximum atomic E-state index is 12.1. The highest BCUT2D eigenvalue weighted by atomic mass is 32.2. The third kappa shape index (κ3) is 3.56. The first kappa shape index (κ1) is 15.4. The minimum atomic E-state index is -3.99. The molecular weight excluding hydrogens is 320 g/mol. The Kier molecular flexibility index (Phi) is 4.55. The van der Waals surface area contributed by atoms with Gasteiger partial charge in [-0.15, -0.1) is 0 Å². The molecule has 2 rings (SSSR count). The van der Waals surface area contributed by atoms with Gasteiger partial charge in [0.1, 0.15) is 5.56 Å². The van der Waals surface area contributed by atoms with Crippen molar-refractivity contribution in [3.8, 4) is 0 Å². The lowest BCUT2D eigenvalue weighted by molar-refractivity contribution is 0.0522. The minimum absolute atomic E-state index is 0.109. The molecule has 0 aliphatic heterocycles. The first-order chi connectivity index (χ1) is 9.94. The number of thiazole rings is 1. The Morgan fingerprint density at radius 2 is 2.29 bits per heavy atom. The van der Waals surface area contributed by atoms with Gasteiger partial charge in [-0.3, -0.25) is 9.89 Å². The van der Waals surface area contributed by atoms with Crippen molar-refractivity contribution < 1.29 is 17.9 Å². The molecule has 9 nitrogen and oxygen atoms in total. The first-order valence-corrected chi connectivity index (χ1v) is 8.17. The van der Waals surface area contributed by atoms with Crippen LogP contribution < -0.4 is 9.60 Å². The molecular formula is C10H12N4O5S2. The SMILES string of the molecule is CCOC(=O)c1cn[nH]c1S(=O)(=O)NCc1csc(=O)[nH]1. The van der Waals surface area contributed by atoms with E-state index in [9.17, 15) is 18.0 Å². The largest absolute Gasteiger partial charge is 0.462 e. The highest BCUT2D eigenvalue weighted by Crippen LogP contribution is 2.13. The van der Waals surface area contributed by atoms with Crippen LogP contribution in [0.25, 0.3) is 0 Å². The van der Waals surface area contributed by atoms with Crippen LogP contribution in [0.1, 0.15) is 23.0 Å². The molecule has 2 aromatic heterocycles. The zero-order chi connectivity index (χ0) is 15.5. The number of hydrogen-bond acceptors (Lipinski definition) is 7. The average Bonchev–Trinajstić information content (AvgIpc) is 3.05. The fourth-order valence-corrected chi connectivity index (χ4v) is 3.15. The summed E-state index contributed by atoms with van der Waals surface area (Å²) in [5.41, 5.74) is 0.244. The molecule has 0 radical (unpaired) electrons. The molecule has 0 fully saturated rings. The van der Waals surface area contributed by atoms with E-state index in [0.29, 0.717) is 5.69 Å². The van der Waals surface area contributed by atoms with Crippen LogP contribution in [0.5, 0.6) is 0 Å². The minimum Gasteiger partial charge on any atom is -0.462 e. The third-order valence-electron chi connectivity index (χ3n) is 2.39. The molecule has 0 spiro atoms. The predicted octanol–water partition coefficient (Wildman–Crippen LogP) is -0.185. The van der Waals surface area contributed by atoms with Crippen LogP contribution in [-0.4, -0.2) is 36.2 Å². The lowest BCUT2D eigenvalue weighted by Gasteiger charge is -2.05. The maximum absolute atomic E-state index is 12.1. The maximum Gasteiger partial charge on any atom is 0.342 e. The smallest absolute Gasteiger partial charge is 0.342 e. The molecule has 21 heavy (non-hydrogen) atoms.